The van der Waals surface area contributed by atoms with Gasteiger partial charge in [-0.3, -0.25) is 0 Å². The molecule has 1 N–H and O–H groups in total. The van der Waals surface area contributed by atoms with E-state index >= 15 is 0 Å². The molecule has 1 aromatic carbocycles. The molecule has 2 rings (SSSR count). The van der Waals surface area contributed by atoms with E-state index in [4.69, 9.17) is 14.2 Å². The molecule has 0 fully saturated rings. The fourth-order valence-corrected chi connectivity index (χ4v) is 2.81. The van der Waals surface area contributed by atoms with Crippen molar-refractivity contribution in [3.8, 4) is 0 Å². The smallest absolute Gasteiger partial charge is 0.177 e. The summed E-state index contributed by atoms with van der Waals surface area (Å²) >= 11 is 0. The van der Waals surface area contributed by atoms with Crippen LogP contribution in [0.25, 0.3) is 0 Å². The van der Waals surface area contributed by atoms with Gasteiger partial charge in [0.1, 0.15) is 12.2 Å². The first-order valence-corrected chi connectivity index (χ1v) is 9.54. The SMILES string of the molecule is CCCCCCCCO[C@@H]1C=C[C@H](O)[C@@H](COCc2ccccc2)O1. The third-order valence-corrected chi connectivity index (χ3v) is 4.33. The Labute approximate surface area is 151 Å². The Balaban J connectivity index is 1.60. The number of ether oxygens (including phenoxy) is 3. The van der Waals surface area contributed by atoms with Crippen LogP contribution in [0.5, 0.6) is 0 Å². The summed E-state index contributed by atoms with van der Waals surface area (Å²) in [6, 6.07) is 9.99. The Morgan fingerprint density at radius 3 is 2.56 bits per heavy atom. The van der Waals surface area contributed by atoms with Gasteiger partial charge in [-0.05, 0) is 18.1 Å². The van der Waals surface area contributed by atoms with Crippen LogP contribution in [-0.4, -0.2) is 36.8 Å². The molecule has 3 atom stereocenters. The van der Waals surface area contributed by atoms with Gasteiger partial charge in [0.15, 0.2) is 6.29 Å². The molecule has 4 nitrogen and oxygen atoms in total. The van der Waals surface area contributed by atoms with Gasteiger partial charge in [-0.2, -0.15) is 0 Å². The van der Waals surface area contributed by atoms with Gasteiger partial charge in [0.2, 0.25) is 0 Å². The van der Waals surface area contributed by atoms with E-state index in [-0.39, 0.29) is 12.4 Å². The maximum absolute atomic E-state index is 10.0. The highest BCUT2D eigenvalue weighted by Gasteiger charge is 2.26. The lowest BCUT2D eigenvalue weighted by molar-refractivity contribution is -0.186. The molecular formula is C21H32O4. The predicted octanol–water partition coefficient (Wildman–Crippen LogP) is 4.22. The Morgan fingerprint density at radius 1 is 1.00 bits per heavy atom. The molecule has 0 saturated heterocycles. The van der Waals surface area contributed by atoms with E-state index in [9.17, 15) is 5.11 Å². The van der Waals surface area contributed by atoms with Crippen molar-refractivity contribution >= 4 is 0 Å². The van der Waals surface area contributed by atoms with E-state index < -0.39 is 6.10 Å². The van der Waals surface area contributed by atoms with E-state index in [1.807, 2.05) is 30.3 Å². The second kappa shape index (κ2) is 12.2. The Bertz CT molecular complexity index is 474. The van der Waals surface area contributed by atoms with Crippen molar-refractivity contribution in [2.75, 3.05) is 13.2 Å². The lowest BCUT2D eigenvalue weighted by Crippen LogP contribution is -2.39. The van der Waals surface area contributed by atoms with Crippen LogP contribution in [0.4, 0.5) is 0 Å². The van der Waals surface area contributed by atoms with E-state index in [0.29, 0.717) is 19.8 Å². The van der Waals surface area contributed by atoms with Gasteiger partial charge in [-0.1, -0.05) is 75.4 Å². The van der Waals surface area contributed by atoms with Crippen molar-refractivity contribution in [3.63, 3.8) is 0 Å². The van der Waals surface area contributed by atoms with Gasteiger partial charge in [0, 0.05) is 0 Å². The summed E-state index contributed by atoms with van der Waals surface area (Å²) in [4.78, 5) is 0. The molecule has 0 amide bonds. The number of rotatable bonds is 12. The number of aliphatic hydroxyl groups excluding tert-OH is 1. The highest BCUT2D eigenvalue weighted by molar-refractivity contribution is 5.13. The number of benzene rings is 1. The van der Waals surface area contributed by atoms with E-state index in [2.05, 4.69) is 6.92 Å². The monoisotopic (exact) mass is 348 g/mol. The van der Waals surface area contributed by atoms with E-state index in [1.54, 1.807) is 12.2 Å². The van der Waals surface area contributed by atoms with Crippen molar-refractivity contribution in [1.82, 2.24) is 0 Å². The number of hydrogen-bond acceptors (Lipinski definition) is 4. The molecule has 25 heavy (non-hydrogen) atoms. The van der Waals surface area contributed by atoms with Gasteiger partial charge >= 0.3 is 0 Å². The van der Waals surface area contributed by atoms with Crippen LogP contribution in [0.2, 0.25) is 0 Å². The van der Waals surface area contributed by atoms with Crippen molar-refractivity contribution in [3.05, 3.63) is 48.0 Å². The Hall–Kier alpha value is -1.20. The van der Waals surface area contributed by atoms with Gasteiger partial charge < -0.3 is 19.3 Å². The zero-order chi connectivity index (χ0) is 17.7. The quantitative estimate of drug-likeness (QED) is 0.454. The molecule has 0 radical (unpaired) electrons. The number of unbranched alkanes of at least 4 members (excludes halogenated alkanes) is 5. The van der Waals surface area contributed by atoms with Gasteiger partial charge in [-0.15, -0.1) is 0 Å². The zero-order valence-corrected chi connectivity index (χ0v) is 15.3. The molecule has 0 spiro atoms. The Morgan fingerprint density at radius 2 is 1.76 bits per heavy atom. The molecule has 1 aliphatic rings. The molecule has 1 heterocycles. The highest BCUT2D eigenvalue weighted by Crippen LogP contribution is 2.16. The summed E-state index contributed by atoms with van der Waals surface area (Å²) in [6.45, 7) is 3.77. The predicted molar refractivity (Wildman–Crippen MR) is 99.2 cm³/mol. The standard InChI is InChI=1S/C21H32O4/c1-2-3-4-5-6-10-15-24-21-14-13-19(22)20(25-21)17-23-16-18-11-8-7-9-12-18/h7-9,11-14,19-22H,2-6,10,15-17H2,1H3/t19-,20+,21-/m0/s1. The highest BCUT2D eigenvalue weighted by atomic mass is 16.7. The van der Waals surface area contributed by atoms with Crippen LogP contribution in [0.15, 0.2) is 42.5 Å². The third-order valence-electron chi connectivity index (χ3n) is 4.33. The summed E-state index contributed by atoms with van der Waals surface area (Å²) < 4.78 is 17.2. The zero-order valence-electron chi connectivity index (χ0n) is 15.3. The maximum Gasteiger partial charge on any atom is 0.177 e. The fraction of sp³-hybridized carbons (Fsp3) is 0.619. The molecule has 0 aromatic heterocycles. The van der Waals surface area contributed by atoms with Crippen molar-refractivity contribution in [2.24, 2.45) is 0 Å². The summed E-state index contributed by atoms with van der Waals surface area (Å²) in [6.07, 6.45) is 9.53. The molecule has 4 heteroatoms. The van der Waals surface area contributed by atoms with Gasteiger partial charge in [-0.25, -0.2) is 0 Å². The van der Waals surface area contributed by atoms with Gasteiger partial charge in [0.25, 0.3) is 0 Å². The summed E-state index contributed by atoms with van der Waals surface area (Å²) in [5.41, 5.74) is 1.11. The second-order valence-corrected chi connectivity index (χ2v) is 6.56. The first-order valence-electron chi connectivity index (χ1n) is 9.54. The normalized spacial score (nSPS) is 23.0. The molecule has 0 aliphatic carbocycles. The summed E-state index contributed by atoms with van der Waals surface area (Å²) in [7, 11) is 0. The first kappa shape index (κ1) is 20.1. The number of hydrogen-bond donors (Lipinski definition) is 1. The molecule has 0 saturated carbocycles. The molecule has 1 aliphatic heterocycles. The van der Waals surface area contributed by atoms with Gasteiger partial charge in [0.05, 0.1) is 19.8 Å². The third kappa shape index (κ3) is 8.15. The summed E-state index contributed by atoms with van der Waals surface area (Å²) in [5.74, 6) is 0. The van der Waals surface area contributed by atoms with Crippen LogP contribution in [0.1, 0.15) is 51.0 Å². The molecule has 0 bridgehead atoms. The lowest BCUT2D eigenvalue weighted by Gasteiger charge is -2.29. The number of aliphatic hydroxyl groups is 1. The van der Waals surface area contributed by atoms with Crippen LogP contribution in [-0.2, 0) is 20.8 Å². The fourth-order valence-electron chi connectivity index (χ4n) is 2.81. The molecule has 1 aromatic rings. The van der Waals surface area contributed by atoms with Crippen LogP contribution < -0.4 is 0 Å². The minimum absolute atomic E-state index is 0.345. The van der Waals surface area contributed by atoms with Crippen molar-refractivity contribution in [2.45, 2.75) is 70.6 Å². The van der Waals surface area contributed by atoms with Crippen molar-refractivity contribution < 1.29 is 19.3 Å². The van der Waals surface area contributed by atoms with Crippen LogP contribution >= 0.6 is 0 Å². The molecular weight excluding hydrogens is 316 g/mol. The molecule has 140 valence electrons. The first-order chi connectivity index (χ1) is 12.3. The average Bonchev–Trinajstić information content (AvgIpc) is 2.64. The summed E-state index contributed by atoms with van der Waals surface area (Å²) in [5, 5.41) is 10.0. The maximum atomic E-state index is 10.0. The Kier molecular flexibility index (Phi) is 9.82. The topological polar surface area (TPSA) is 47.9 Å². The minimum Gasteiger partial charge on any atom is -0.386 e. The second-order valence-electron chi connectivity index (χ2n) is 6.56. The minimum atomic E-state index is -0.648. The molecule has 0 unspecified atom stereocenters. The van der Waals surface area contributed by atoms with E-state index in [0.717, 1.165) is 12.0 Å². The largest absolute Gasteiger partial charge is 0.386 e. The van der Waals surface area contributed by atoms with E-state index in [1.165, 1.54) is 32.1 Å². The van der Waals surface area contributed by atoms with Crippen LogP contribution in [0.3, 0.4) is 0 Å². The van der Waals surface area contributed by atoms with Crippen LogP contribution in [0, 0.1) is 0 Å². The lowest BCUT2D eigenvalue weighted by atomic mass is 10.1. The average molecular weight is 348 g/mol. The van der Waals surface area contributed by atoms with Crippen molar-refractivity contribution in [1.29, 1.82) is 0 Å².